The molecule has 10 bridgehead atoms. The Labute approximate surface area is 733 Å². The van der Waals surface area contributed by atoms with Gasteiger partial charge in [-0.25, -0.2) is 0 Å². The largest absolute Gasteiger partial charge is 0.508 e. The van der Waals surface area contributed by atoms with Crippen molar-refractivity contribution in [3.8, 4) is 62.9 Å². The third-order valence-corrected chi connectivity index (χ3v) is 23.3. The number of unbranched alkanes of at least 4 members (excludes halogenated alkanes) is 1. The number of fused-ring (bicyclic) bond motifs is 6. The number of hydrogen-bond donors (Lipinski definition) is 20. The monoisotopic (exact) mass is 1800 g/mol. The number of phenols is 3. The van der Waals surface area contributed by atoms with E-state index in [1.807, 2.05) is 26.0 Å². The van der Waals surface area contributed by atoms with Crippen LogP contribution in [0.5, 0.6) is 51.7 Å². The Morgan fingerprint density at radius 1 is 0.677 bits per heavy atom. The van der Waals surface area contributed by atoms with Gasteiger partial charge < -0.3 is 134 Å². The number of hydrogen-bond acceptors (Lipinski definition) is 26. The molecule has 1 saturated heterocycles. The van der Waals surface area contributed by atoms with Crippen molar-refractivity contribution in [1.82, 2.24) is 47.9 Å². The van der Waals surface area contributed by atoms with E-state index in [-0.39, 0.29) is 124 Å². The fourth-order valence-corrected chi connectivity index (χ4v) is 15.9. The van der Waals surface area contributed by atoms with Gasteiger partial charge in [0, 0.05) is 54.8 Å². The van der Waals surface area contributed by atoms with Gasteiger partial charge in [0.2, 0.25) is 53.0 Å². The Morgan fingerprint density at radius 3 is 1.97 bits per heavy atom. The number of rotatable bonds is 23. The number of likely N-dealkylation sites (N-methyl/N-ethyl adjacent to an activating group) is 1. The Morgan fingerprint density at radius 2 is 1.34 bits per heavy atom. The van der Waals surface area contributed by atoms with Crippen LogP contribution in [-0.4, -0.2) is 199 Å². The first kappa shape index (κ1) is 94.3. The average molecular weight is 1800 g/mol. The normalized spacial score (nSPS) is 25.9. The molecule has 6 aliphatic rings. The molecule has 0 radical (unpaired) electrons. The Hall–Kier alpha value is -10.4. The molecule has 7 aromatic rings. The third-order valence-electron chi connectivity index (χ3n) is 22.0. The molecule has 1 saturated carbocycles. The molecule has 13 rings (SSSR count). The summed E-state index contributed by atoms with van der Waals surface area (Å²) >= 11 is 26.7. The topological polar surface area (TPSA) is 534 Å². The average Bonchev–Trinajstić information content (AvgIpc) is 0.768. The molecule has 18 atom stereocenters. The Bertz CT molecular complexity index is 5060. The number of primary amides is 1. The molecule has 2 fully saturated rings. The number of aliphatic hydroxyl groups excluding tert-OH is 6. The van der Waals surface area contributed by atoms with Gasteiger partial charge in [-0.05, 0) is 178 Å². The van der Waals surface area contributed by atoms with Crippen LogP contribution < -0.4 is 78.3 Å². The summed E-state index contributed by atoms with van der Waals surface area (Å²) in [5.41, 5.74) is 10.2. The van der Waals surface area contributed by atoms with Crippen molar-refractivity contribution in [2.75, 3.05) is 26.7 Å². The van der Waals surface area contributed by atoms with Crippen LogP contribution in [0.1, 0.15) is 131 Å². The molecule has 10 unspecified atom stereocenters. The highest BCUT2D eigenvalue weighted by Gasteiger charge is 2.51. The van der Waals surface area contributed by atoms with E-state index < -0.39 is 186 Å². The van der Waals surface area contributed by atoms with E-state index in [9.17, 15) is 74.7 Å². The van der Waals surface area contributed by atoms with E-state index >= 15 is 9.59 Å². The van der Waals surface area contributed by atoms with Gasteiger partial charge in [-0.2, -0.15) is 0 Å². The summed E-state index contributed by atoms with van der Waals surface area (Å²) in [5, 5.41) is 131. The number of para-hydroxylation sites is 1. The second-order valence-corrected chi connectivity index (χ2v) is 33.3. The quantitative estimate of drug-likeness (QED) is 0.0347. The Kier molecular flexibility index (Phi) is 31.6. The first-order valence-electron chi connectivity index (χ1n) is 40.1. The molecule has 5 heterocycles. The molecule has 38 heteroatoms. The SMILES string of the molecule is CN[C@H](CC(C)C)C(=O)N[C@H]1C(=O)N[C@@H](CC(N)=O)C(=O)N[C@H](C)C(=O)NC2C(=O)N[C@H](C(=O)N[C@@H](C(=O)NCCCCN)c3cc(O)cc(O)c3-c3cc2ccc3O)[C@H](O)c2ccc(c(Cl)c2)Oc2cccc(c2OC2CC(CO)C(O)C(O)C2OC2CC(C)(NCc3ccc(OCc4ccc(Cl)c(Cl)c4)cc3)C(O)C(C)O2)Oc2ccc(cc2Cl)[C@H]1O. The lowest BCUT2D eigenvalue weighted by Gasteiger charge is -2.48. The maximum atomic E-state index is 15.4. The molecular formula is C86H101Cl4N11O23. The smallest absolute Gasteiger partial charge is 0.247 e. The summed E-state index contributed by atoms with van der Waals surface area (Å²) in [5.74, 6) is -13.2. The molecule has 7 aromatic carbocycles. The van der Waals surface area contributed by atoms with Crippen molar-refractivity contribution in [1.29, 1.82) is 0 Å². The number of ether oxygens (including phenoxy) is 6. The number of nitrogens with one attached hydrogen (secondary N) is 9. The van der Waals surface area contributed by atoms with Gasteiger partial charge in [0.05, 0.1) is 50.9 Å². The van der Waals surface area contributed by atoms with Gasteiger partial charge >= 0.3 is 0 Å². The van der Waals surface area contributed by atoms with Crippen molar-refractivity contribution in [2.24, 2.45) is 23.3 Å². The van der Waals surface area contributed by atoms with E-state index in [2.05, 4.69) is 47.9 Å². The van der Waals surface area contributed by atoms with E-state index in [1.165, 1.54) is 55.6 Å². The highest BCUT2D eigenvalue weighted by atomic mass is 35.5. The number of amides is 8. The minimum Gasteiger partial charge on any atom is -0.508 e. The van der Waals surface area contributed by atoms with Crippen LogP contribution in [0.4, 0.5) is 0 Å². The van der Waals surface area contributed by atoms with Gasteiger partial charge in [0.1, 0.15) is 108 Å². The molecule has 22 N–H and O–H groups in total. The van der Waals surface area contributed by atoms with Crippen LogP contribution in [0.15, 0.2) is 127 Å². The summed E-state index contributed by atoms with van der Waals surface area (Å²) < 4.78 is 39.3. The summed E-state index contributed by atoms with van der Waals surface area (Å²) in [7, 11) is 1.49. The van der Waals surface area contributed by atoms with E-state index in [0.29, 0.717) is 28.6 Å². The number of halogens is 4. The highest BCUT2D eigenvalue weighted by Crippen LogP contribution is 2.49. The molecule has 5 aliphatic heterocycles. The fraction of sp³-hybridized carbons (Fsp3) is 0.419. The summed E-state index contributed by atoms with van der Waals surface area (Å²) in [4.78, 5) is 117. The first-order valence-corrected chi connectivity index (χ1v) is 41.6. The number of aromatic hydroxyl groups is 3. The summed E-state index contributed by atoms with van der Waals surface area (Å²) in [6.45, 7) is 8.13. The zero-order valence-electron chi connectivity index (χ0n) is 68.2. The van der Waals surface area contributed by atoms with Crippen LogP contribution in [0, 0.1) is 11.8 Å². The maximum absolute atomic E-state index is 15.4. The molecule has 0 aromatic heterocycles. The zero-order valence-corrected chi connectivity index (χ0v) is 71.2. The molecule has 0 spiro atoms. The van der Waals surface area contributed by atoms with E-state index in [0.717, 1.165) is 54.4 Å². The lowest BCUT2D eigenvalue weighted by Crippen LogP contribution is -2.64. The second kappa shape index (κ2) is 41.6. The molecule has 34 nitrogen and oxygen atoms in total. The number of nitrogens with two attached hydrogens (primary N) is 2. The Balaban J connectivity index is 1.01. The zero-order chi connectivity index (χ0) is 89.9. The second-order valence-electron chi connectivity index (χ2n) is 31.6. The molecular weight excluding hydrogens is 1700 g/mol. The summed E-state index contributed by atoms with van der Waals surface area (Å²) in [6, 6.07) is 16.3. The predicted molar refractivity (Wildman–Crippen MR) is 453 cm³/mol. The van der Waals surface area contributed by atoms with Crippen molar-refractivity contribution >= 4 is 93.7 Å². The van der Waals surface area contributed by atoms with Crippen LogP contribution in [0.25, 0.3) is 11.1 Å². The summed E-state index contributed by atoms with van der Waals surface area (Å²) in [6.07, 6.45) is -14.4. The number of aliphatic hydroxyl groups is 6. The fourth-order valence-electron chi connectivity index (χ4n) is 15.1. The van der Waals surface area contributed by atoms with Gasteiger partial charge in [0.15, 0.2) is 17.8 Å². The van der Waals surface area contributed by atoms with Crippen LogP contribution in [0.3, 0.4) is 0 Å². The van der Waals surface area contributed by atoms with Crippen molar-refractivity contribution in [3.63, 3.8) is 0 Å². The minimum atomic E-state index is -2.24. The van der Waals surface area contributed by atoms with Gasteiger partial charge in [-0.1, -0.05) is 103 Å². The van der Waals surface area contributed by atoms with E-state index in [4.69, 9.17) is 86.3 Å². The van der Waals surface area contributed by atoms with Crippen LogP contribution >= 0.6 is 46.4 Å². The number of phenolic OH excluding ortho intramolecular Hbond substituents is 3. The lowest BCUT2D eigenvalue weighted by atomic mass is 9.80. The number of benzene rings is 7. The van der Waals surface area contributed by atoms with Crippen molar-refractivity contribution in [3.05, 3.63) is 181 Å². The van der Waals surface area contributed by atoms with Crippen molar-refractivity contribution < 1.29 is 113 Å². The van der Waals surface area contributed by atoms with Crippen LogP contribution in [0.2, 0.25) is 20.1 Å². The maximum Gasteiger partial charge on any atom is 0.247 e. The highest BCUT2D eigenvalue weighted by molar-refractivity contribution is 6.42. The first-order chi connectivity index (χ1) is 59.0. The lowest BCUT2D eigenvalue weighted by molar-refractivity contribution is -0.289. The molecule has 666 valence electrons. The molecule has 8 amide bonds. The number of carbonyl (C=O) groups is 8. The van der Waals surface area contributed by atoms with Gasteiger partial charge in [-0.15, -0.1) is 0 Å². The third kappa shape index (κ3) is 22.6. The standard InChI is InChI=1S/C86H101Cl4N11O23/c1-39(2)26-56(93-6)80(113)100-70-72(107)45-16-22-60(54(89)29-45)121-62-10-9-11-63(76(62)123-64-31-47(37-102)74(109)75(110)77(64)124-66-35-86(5,78(111)41(4)120-66)95-36-42-12-18-49(19-13-42)119-38-43-14-20-52(87)53(88)27-43)122-61-23-17-46(30-55(61)90)73(108)71-85(118)99-69(82(115)94-25-8-7-24-91)51-32-48(103)33-59(105)67(51)50-28-44(15-21-58(50)104)68(83(116)101-71)98-79(112)40(3)96-81(114)57(34-65(92)106)97-84(70)117/h9-23,27-30,32-33,39-41,47,56-57,64,66,68-75,77-78,93,95,102-105,107-111H,7-8,24-26,31,34-38,91H2,1-6H3,(H2,92,106)(H,94,115)(H,96,114)(H,97,117)(H,98,112)(H,99,118)(H,100,113)(H,101,116)/t40-,41?,47?,56-,57+,64?,66?,68?,69-,70-,71+,72-,73-,74?,75?,77?,78?,86?/m1/s1. The van der Waals surface area contributed by atoms with Crippen LogP contribution in [-0.2, 0) is 61.0 Å². The number of carbonyl (C=O) groups excluding carboxylic acids is 8. The minimum absolute atomic E-state index is 0.0264. The van der Waals surface area contributed by atoms with E-state index in [1.54, 1.807) is 44.2 Å². The van der Waals surface area contributed by atoms with Crippen molar-refractivity contribution in [2.45, 2.75) is 189 Å². The predicted octanol–water partition coefficient (Wildman–Crippen LogP) is 5.59. The van der Waals surface area contributed by atoms with Gasteiger partial charge in [0.25, 0.3) is 0 Å². The van der Waals surface area contributed by atoms with Gasteiger partial charge in [-0.3, -0.25) is 38.4 Å². The molecule has 1 aliphatic carbocycles. The molecule has 124 heavy (non-hydrogen) atoms.